The summed E-state index contributed by atoms with van der Waals surface area (Å²) in [7, 11) is 0. The number of fused-ring (bicyclic) bond motifs is 2. The molecule has 2 saturated carbocycles. The second kappa shape index (κ2) is 6.28. The van der Waals surface area contributed by atoms with E-state index in [1.54, 1.807) is 0 Å². The molecule has 3 nitrogen and oxygen atoms in total. The summed E-state index contributed by atoms with van der Waals surface area (Å²) in [5.41, 5.74) is -0.651. The SMILES string of the molecule is CCC1CC2CC(C1)CC(C)(C(=O)OCC(C)(C)CO)C2. The van der Waals surface area contributed by atoms with E-state index < -0.39 is 0 Å². The molecule has 0 aliphatic heterocycles. The van der Waals surface area contributed by atoms with Crippen molar-refractivity contribution in [2.24, 2.45) is 28.6 Å². The summed E-state index contributed by atoms with van der Waals surface area (Å²) in [5.74, 6) is 2.22. The van der Waals surface area contributed by atoms with Gasteiger partial charge in [-0.1, -0.05) is 27.2 Å². The third kappa shape index (κ3) is 4.00. The monoisotopic (exact) mass is 296 g/mol. The van der Waals surface area contributed by atoms with Gasteiger partial charge in [0.25, 0.3) is 0 Å². The normalized spacial score (nSPS) is 36.3. The first kappa shape index (κ1) is 16.8. The summed E-state index contributed by atoms with van der Waals surface area (Å²) < 4.78 is 5.56. The maximum atomic E-state index is 12.6. The molecule has 21 heavy (non-hydrogen) atoms. The van der Waals surface area contributed by atoms with Gasteiger partial charge in [-0.2, -0.15) is 0 Å². The molecule has 2 unspecified atom stereocenters. The van der Waals surface area contributed by atoms with Crippen LogP contribution < -0.4 is 0 Å². The van der Waals surface area contributed by atoms with Crippen LogP contribution in [0, 0.1) is 28.6 Å². The number of esters is 1. The van der Waals surface area contributed by atoms with Crippen LogP contribution in [0.5, 0.6) is 0 Å². The molecule has 1 N–H and O–H groups in total. The van der Waals surface area contributed by atoms with Crippen LogP contribution in [0.25, 0.3) is 0 Å². The fourth-order valence-corrected chi connectivity index (χ4v) is 4.37. The fourth-order valence-electron chi connectivity index (χ4n) is 4.37. The third-order valence-corrected chi connectivity index (χ3v) is 5.57. The highest BCUT2D eigenvalue weighted by Gasteiger charge is 2.46. The average molecular weight is 296 g/mol. The van der Waals surface area contributed by atoms with Crippen molar-refractivity contribution >= 4 is 5.97 Å². The molecule has 0 aromatic carbocycles. The van der Waals surface area contributed by atoms with Gasteiger partial charge < -0.3 is 9.84 Å². The molecule has 2 atom stereocenters. The lowest BCUT2D eigenvalue weighted by Crippen LogP contribution is -2.43. The Balaban J connectivity index is 1.95. The van der Waals surface area contributed by atoms with Crippen LogP contribution in [0.1, 0.15) is 66.2 Å². The van der Waals surface area contributed by atoms with Gasteiger partial charge in [0.2, 0.25) is 0 Å². The Hall–Kier alpha value is -0.570. The first-order valence-corrected chi connectivity index (χ1v) is 8.56. The van der Waals surface area contributed by atoms with Gasteiger partial charge in [0.15, 0.2) is 0 Å². The molecule has 3 heteroatoms. The third-order valence-electron chi connectivity index (χ3n) is 5.57. The van der Waals surface area contributed by atoms with Gasteiger partial charge in [-0.05, 0) is 56.8 Å². The van der Waals surface area contributed by atoms with E-state index in [0.717, 1.165) is 18.8 Å². The molecular formula is C18H32O3. The average Bonchev–Trinajstić information content (AvgIpc) is 2.43. The lowest BCUT2D eigenvalue weighted by Gasteiger charge is -2.46. The Labute approximate surface area is 129 Å². The number of hydrogen-bond acceptors (Lipinski definition) is 3. The van der Waals surface area contributed by atoms with E-state index in [0.29, 0.717) is 18.4 Å². The van der Waals surface area contributed by atoms with E-state index >= 15 is 0 Å². The van der Waals surface area contributed by atoms with Crippen molar-refractivity contribution in [3.63, 3.8) is 0 Å². The minimum Gasteiger partial charge on any atom is -0.465 e. The molecule has 122 valence electrons. The van der Waals surface area contributed by atoms with E-state index in [1.807, 2.05) is 13.8 Å². The zero-order chi connectivity index (χ0) is 15.7. The van der Waals surface area contributed by atoms with Gasteiger partial charge in [-0.3, -0.25) is 4.79 Å². The molecule has 2 aliphatic rings. The Bertz CT molecular complexity index is 361. The molecule has 0 heterocycles. The van der Waals surface area contributed by atoms with E-state index in [4.69, 9.17) is 4.74 Å². The number of aliphatic hydroxyl groups is 1. The molecule has 0 saturated heterocycles. The van der Waals surface area contributed by atoms with Gasteiger partial charge in [0.1, 0.15) is 0 Å². The number of rotatable bonds is 5. The van der Waals surface area contributed by atoms with Crippen LogP contribution in [0.2, 0.25) is 0 Å². The van der Waals surface area contributed by atoms with Crippen molar-refractivity contribution < 1.29 is 14.6 Å². The Morgan fingerprint density at radius 1 is 1.24 bits per heavy atom. The number of hydrogen-bond donors (Lipinski definition) is 1. The lowest BCUT2D eigenvalue weighted by molar-refractivity contribution is -0.164. The molecule has 0 amide bonds. The molecule has 2 bridgehead atoms. The molecule has 2 rings (SSSR count). The summed E-state index contributed by atoms with van der Waals surface area (Å²) in [4.78, 5) is 12.6. The van der Waals surface area contributed by atoms with Gasteiger partial charge >= 0.3 is 5.97 Å². The van der Waals surface area contributed by atoms with Crippen LogP contribution in [0.4, 0.5) is 0 Å². The molecule has 0 aromatic heterocycles. The maximum absolute atomic E-state index is 12.6. The second-order valence-electron chi connectivity index (χ2n) is 8.58. The zero-order valence-electron chi connectivity index (χ0n) is 14.2. The van der Waals surface area contributed by atoms with Crippen molar-refractivity contribution in [1.29, 1.82) is 0 Å². The standard InChI is InChI=1S/C18H32O3/c1-5-13-6-14-8-15(7-13)10-18(4,9-14)16(20)21-12-17(2,3)11-19/h13-15,19H,5-12H2,1-4H3. The Kier molecular flexibility index (Phi) is 5.02. The van der Waals surface area contributed by atoms with Gasteiger partial charge in [-0.15, -0.1) is 0 Å². The highest BCUT2D eigenvalue weighted by molar-refractivity contribution is 5.76. The van der Waals surface area contributed by atoms with Crippen LogP contribution in [0.15, 0.2) is 0 Å². The second-order valence-corrected chi connectivity index (χ2v) is 8.58. The zero-order valence-corrected chi connectivity index (χ0v) is 14.2. The maximum Gasteiger partial charge on any atom is 0.311 e. The predicted octanol–water partition coefficient (Wildman–Crippen LogP) is 3.79. The summed E-state index contributed by atoms with van der Waals surface area (Å²) >= 11 is 0. The quantitative estimate of drug-likeness (QED) is 0.785. The largest absolute Gasteiger partial charge is 0.465 e. The van der Waals surface area contributed by atoms with Crippen molar-refractivity contribution in [3.8, 4) is 0 Å². The van der Waals surface area contributed by atoms with Gasteiger partial charge in [0.05, 0.1) is 18.6 Å². The Morgan fingerprint density at radius 2 is 1.81 bits per heavy atom. The summed E-state index contributed by atoms with van der Waals surface area (Å²) in [6, 6.07) is 0. The Morgan fingerprint density at radius 3 is 2.29 bits per heavy atom. The smallest absolute Gasteiger partial charge is 0.311 e. The molecular weight excluding hydrogens is 264 g/mol. The van der Waals surface area contributed by atoms with Crippen LogP contribution in [-0.2, 0) is 9.53 Å². The number of ether oxygens (including phenoxy) is 1. The molecule has 0 spiro atoms. The number of carbonyl (C=O) groups is 1. The summed E-state index contributed by atoms with van der Waals surface area (Å²) in [6.45, 7) is 8.57. The molecule has 2 fully saturated rings. The van der Waals surface area contributed by atoms with Gasteiger partial charge in [-0.25, -0.2) is 0 Å². The summed E-state index contributed by atoms with van der Waals surface area (Å²) in [6.07, 6.45) is 7.13. The highest BCUT2D eigenvalue weighted by Crippen LogP contribution is 2.51. The lowest BCUT2D eigenvalue weighted by atomic mass is 9.59. The molecule has 2 aliphatic carbocycles. The predicted molar refractivity (Wildman–Crippen MR) is 83.8 cm³/mol. The first-order valence-electron chi connectivity index (χ1n) is 8.56. The minimum atomic E-state index is -0.343. The molecule has 0 radical (unpaired) electrons. The summed E-state index contributed by atoms with van der Waals surface area (Å²) in [5, 5.41) is 9.28. The minimum absolute atomic E-state index is 0.0421. The van der Waals surface area contributed by atoms with Crippen LogP contribution in [-0.4, -0.2) is 24.3 Å². The van der Waals surface area contributed by atoms with E-state index in [1.165, 1.54) is 25.7 Å². The van der Waals surface area contributed by atoms with Gasteiger partial charge in [0, 0.05) is 5.41 Å². The van der Waals surface area contributed by atoms with Crippen LogP contribution in [0.3, 0.4) is 0 Å². The molecule has 0 aromatic rings. The highest BCUT2D eigenvalue weighted by atomic mass is 16.5. The van der Waals surface area contributed by atoms with Crippen LogP contribution >= 0.6 is 0 Å². The van der Waals surface area contributed by atoms with Crippen molar-refractivity contribution in [2.75, 3.05) is 13.2 Å². The number of aliphatic hydroxyl groups excluding tert-OH is 1. The van der Waals surface area contributed by atoms with Crippen molar-refractivity contribution in [3.05, 3.63) is 0 Å². The fraction of sp³-hybridized carbons (Fsp3) is 0.944. The van der Waals surface area contributed by atoms with Crippen molar-refractivity contribution in [1.82, 2.24) is 0 Å². The number of carbonyl (C=O) groups excluding carboxylic acids is 1. The van der Waals surface area contributed by atoms with E-state index in [2.05, 4.69) is 13.8 Å². The van der Waals surface area contributed by atoms with E-state index in [-0.39, 0.29) is 23.4 Å². The first-order chi connectivity index (χ1) is 9.78. The topological polar surface area (TPSA) is 46.5 Å². The van der Waals surface area contributed by atoms with Crippen molar-refractivity contribution in [2.45, 2.75) is 66.2 Å². The van der Waals surface area contributed by atoms with E-state index in [9.17, 15) is 9.90 Å².